The van der Waals surface area contributed by atoms with E-state index < -0.39 is 4.92 Å². The van der Waals surface area contributed by atoms with E-state index in [9.17, 15) is 10.1 Å². The summed E-state index contributed by atoms with van der Waals surface area (Å²) in [4.78, 5) is 10.7. The number of nitrogens with zero attached hydrogens (tertiary/aromatic N) is 3. The van der Waals surface area contributed by atoms with Crippen LogP contribution < -0.4 is 5.73 Å². The van der Waals surface area contributed by atoms with Crippen LogP contribution in [0.2, 0.25) is 0 Å². The molecule has 7 heteroatoms. The summed E-state index contributed by atoms with van der Waals surface area (Å²) in [5, 5.41) is 15.2. The predicted molar refractivity (Wildman–Crippen MR) is 71.8 cm³/mol. The van der Waals surface area contributed by atoms with Crippen LogP contribution in [0.1, 0.15) is 11.3 Å². The zero-order chi connectivity index (χ0) is 13.4. The van der Waals surface area contributed by atoms with Crippen molar-refractivity contribution in [3.63, 3.8) is 0 Å². The third-order valence-corrected chi connectivity index (χ3v) is 3.11. The highest BCUT2D eigenvalue weighted by Gasteiger charge is 2.21. The molecule has 2 rings (SSSR count). The zero-order valence-corrected chi connectivity index (χ0v) is 11.4. The van der Waals surface area contributed by atoms with Crippen LogP contribution in [0.4, 0.5) is 11.5 Å². The van der Waals surface area contributed by atoms with E-state index in [2.05, 4.69) is 21.0 Å². The number of aryl methyl sites for hydroxylation is 2. The minimum absolute atomic E-state index is 0.00641. The van der Waals surface area contributed by atoms with Crippen molar-refractivity contribution in [2.45, 2.75) is 13.8 Å². The third kappa shape index (κ3) is 2.08. The molecular weight excluding hydrogens is 300 g/mol. The number of hydrogen-bond acceptors (Lipinski definition) is 4. The maximum atomic E-state index is 11.1. The van der Waals surface area contributed by atoms with E-state index in [4.69, 9.17) is 5.73 Å². The van der Waals surface area contributed by atoms with Gasteiger partial charge in [0.1, 0.15) is 5.82 Å². The average Bonchev–Trinajstić information content (AvgIpc) is 2.56. The molecule has 0 atom stereocenters. The number of nitro benzene ring substituents is 1. The van der Waals surface area contributed by atoms with E-state index in [0.29, 0.717) is 16.0 Å². The van der Waals surface area contributed by atoms with E-state index in [0.717, 1.165) is 11.3 Å². The van der Waals surface area contributed by atoms with Gasteiger partial charge in [0, 0.05) is 17.8 Å². The number of hydrogen-bond donors (Lipinski definition) is 1. The Hall–Kier alpha value is -1.89. The SMILES string of the molecule is Cc1cc(Br)c(-n2nc(N)cc2C)c([N+](=O)[O-])c1. The van der Waals surface area contributed by atoms with Gasteiger partial charge in [0.05, 0.1) is 9.40 Å². The van der Waals surface area contributed by atoms with Gasteiger partial charge in [-0.3, -0.25) is 10.1 Å². The first-order chi connectivity index (χ1) is 8.40. The predicted octanol–water partition coefficient (Wildman–Crippen LogP) is 2.74. The van der Waals surface area contributed by atoms with Crippen molar-refractivity contribution in [1.29, 1.82) is 0 Å². The van der Waals surface area contributed by atoms with Gasteiger partial charge in [0.15, 0.2) is 5.69 Å². The quantitative estimate of drug-likeness (QED) is 0.682. The molecule has 0 saturated heterocycles. The van der Waals surface area contributed by atoms with Crippen LogP contribution in [0.15, 0.2) is 22.7 Å². The molecule has 0 saturated carbocycles. The Morgan fingerprint density at radius 1 is 1.39 bits per heavy atom. The molecule has 0 aliphatic rings. The number of benzene rings is 1. The topological polar surface area (TPSA) is 87.0 Å². The van der Waals surface area contributed by atoms with E-state index in [1.807, 2.05) is 0 Å². The number of rotatable bonds is 2. The molecule has 1 heterocycles. The average molecular weight is 311 g/mol. The molecule has 18 heavy (non-hydrogen) atoms. The molecule has 1 aromatic heterocycles. The van der Waals surface area contributed by atoms with E-state index >= 15 is 0 Å². The Balaban J connectivity index is 2.77. The summed E-state index contributed by atoms with van der Waals surface area (Å²) >= 11 is 3.34. The molecule has 2 N–H and O–H groups in total. The fourth-order valence-corrected chi connectivity index (χ4v) is 2.52. The molecule has 0 aliphatic carbocycles. The number of halogens is 1. The van der Waals surface area contributed by atoms with Crippen LogP contribution in [-0.2, 0) is 0 Å². The molecule has 0 radical (unpaired) electrons. The van der Waals surface area contributed by atoms with Crippen LogP contribution >= 0.6 is 15.9 Å². The van der Waals surface area contributed by atoms with Gasteiger partial charge in [0.25, 0.3) is 5.69 Å². The summed E-state index contributed by atoms with van der Waals surface area (Å²) in [6.45, 7) is 3.59. The van der Waals surface area contributed by atoms with Crippen LogP contribution in [0, 0.1) is 24.0 Å². The number of nitrogens with two attached hydrogens (primary N) is 1. The standard InChI is InChI=1S/C11H11BrN4O2/c1-6-3-8(12)11(9(4-6)16(17)18)15-7(2)5-10(13)14-15/h3-5H,1-2H3,(H2,13,14). The summed E-state index contributed by atoms with van der Waals surface area (Å²) in [6.07, 6.45) is 0. The van der Waals surface area contributed by atoms with Gasteiger partial charge in [-0.25, -0.2) is 4.68 Å². The molecule has 0 aliphatic heterocycles. The highest BCUT2D eigenvalue weighted by molar-refractivity contribution is 9.10. The lowest BCUT2D eigenvalue weighted by molar-refractivity contribution is -0.384. The van der Waals surface area contributed by atoms with Crippen LogP contribution in [0.5, 0.6) is 0 Å². The van der Waals surface area contributed by atoms with Gasteiger partial charge in [0.2, 0.25) is 0 Å². The highest BCUT2D eigenvalue weighted by atomic mass is 79.9. The second-order valence-electron chi connectivity index (χ2n) is 3.99. The van der Waals surface area contributed by atoms with Crippen molar-refractivity contribution in [2.24, 2.45) is 0 Å². The minimum atomic E-state index is -0.426. The Morgan fingerprint density at radius 2 is 2.06 bits per heavy atom. The third-order valence-electron chi connectivity index (χ3n) is 2.50. The second kappa shape index (κ2) is 4.41. The van der Waals surface area contributed by atoms with E-state index in [-0.39, 0.29) is 5.69 Å². The summed E-state index contributed by atoms with van der Waals surface area (Å²) < 4.78 is 2.08. The lowest BCUT2D eigenvalue weighted by Gasteiger charge is -2.08. The Labute approximate surface area is 112 Å². The second-order valence-corrected chi connectivity index (χ2v) is 4.85. The van der Waals surface area contributed by atoms with Gasteiger partial charge >= 0.3 is 0 Å². The maximum Gasteiger partial charge on any atom is 0.296 e. The first-order valence-electron chi connectivity index (χ1n) is 5.17. The summed E-state index contributed by atoms with van der Waals surface area (Å²) in [7, 11) is 0. The van der Waals surface area contributed by atoms with Crippen molar-refractivity contribution < 1.29 is 4.92 Å². The molecular formula is C11H11BrN4O2. The molecule has 0 fully saturated rings. The van der Waals surface area contributed by atoms with Crippen molar-refractivity contribution in [1.82, 2.24) is 9.78 Å². The normalized spacial score (nSPS) is 10.6. The lowest BCUT2D eigenvalue weighted by atomic mass is 10.2. The first-order valence-corrected chi connectivity index (χ1v) is 5.96. The Kier molecular flexibility index (Phi) is 3.08. The smallest absolute Gasteiger partial charge is 0.296 e. The van der Waals surface area contributed by atoms with Gasteiger partial charge in [-0.05, 0) is 41.4 Å². The molecule has 6 nitrogen and oxygen atoms in total. The zero-order valence-electron chi connectivity index (χ0n) is 9.85. The molecule has 0 spiro atoms. The maximum absolute atomic E-state index is 11.1. The van der Waals surface area contributed by atoms with Crippen molar-refractivity contribution in [3.8, 4) is 5.69 Å². The number of nitrogen functional groups attached to an aromatic ring is 1. The van der Waals surface area contributed by atoms with Crippen molar-refractivity contribution >= 4 is 27.4 Å². The Bertz CT molecular complexity index is 636. The van der Waals surface area contributed by atoms with Gasteiger partial charge in [-0.1, -0.05) is 0 Å². The minimum Gasteiger partial charge on any atom is -0.382 e. The molecule has 0 unspecified atom stereocenters. The number of nitro groups is 1. The van der Waals surface area contributed by atoms with Crippen LogP contribution in [-0.4, -0.2) is 14.7 Å². The molecule has 94 valence electrons. The number of aromatic nitrogens is 2. The van der Waals surface area contributed by atoms with Crippen LogP contribution in [0.3, 0.4) is 0 Å². The van der Waals surface area contributed by atoms with Crippen LogP contribution in [0.25, 0.3) is 5.69 Å². The summed E-state index contributed by atoms with van der Waals surface area (Å²) in [6, 6.07) is 4.98. The van der Waals surface area contributed by atoms with Crippen molar-refractivity contribution in [3.05, 3.63) is 44.0 Å². The fourth-order valence-electron chi connectivity index (χ4n) is 1.79. The fraction of sp³-hybridized carbons (Fsp3) is 0.182. The Morgan fingerprint density at radius 3 is 2.56 bits per heavy atom. The summed E-state index contributed by atoms with van der Waals surface area (Å²) in [5.74, 6) is 0.328. The largest absolute Gasteiger partial charge is 0.382 e. The van der Waals surface area contributed by atoms with Gasteiger partial charge in [-0.2, -0.15) is 5.10 Å². The summed E-state index contributed by atoms with van der Waals surface area (Å²) in [5.41, 5.74) is 7.53. The van der Waals surface area contributed by atoms with Gasteiger partial charge < -0.3 is 5.73 Å². The van der Waals surface area contributed by atoms with E-state index in [1.54, 1.807) is 26.0 Å². The van der Waals surface area contributed by atoms with E-state index in [1.165, 1.54) is 10.7 Å². The first kappa shape index (κ1) is 12.6. The molecule has 2 aromatic rings. The molecule has 0 amide bonds. The van der Waals surface area contributed by atoms with Gasteiger partial charge in [-0.15, -0.1) is 0 Å². The molecule has 0 bridgehead atoms. The lowest BCUT2D eigenvalue weighted by Crippen LogP contribution is -2.05. The molecule has 1 aromatic carbocycles. The highest BCUT2D eigenvalue weighted by Crippen LogP contribution is 2.33. The van der Waals surface area contributed by atoms with Crippen molar-refractivity contribution in [2.75, 3.05) is 5.73 Å². The monoisotopic (exact) mass is 310 g/mol. The number of anilines is 1.